The number of hydrogen-bond donors (Lipinski definition) is 0. The highest BCUT2D eigenvalue weighted by Crippen LogP contribution is 2.52. The third-order valence-electron chi connectivity index (χ3n) is 4.31. The van der Waals surface area contributed by atoms with Crippen LogP contribution in [0.3, 0.4) is 0 Å². The van der Waals surface area contributed by atoms with Gasteiger partial charge in [-0.2, -0.15) is 0 Å². The van der Waals surface area contributed by atoms with E-state index in [0.717, 1.165) is 18.8 Å². The maximum atomic E-state index is 5.81. The van der Waals surface area contributed by atoms with Gasteiger partial charge in [-0.1, -0.05) is 48.1 Å². The minimum Gasteiger partial charge on any atom is -0.325 e. The summed E-state index contributed by atoms with van der Waals surface area (Å²) in [6.07, 6.45) is 1.09. The number of rotatable bonds is 4. The summed E-state index contributed by atoms with van der Waals surface area (Å²) in [5, 5.41) is 0.763. The van der Waals surface area contributed by atoms with Gasteiger partial charge >= 0.3 is 0 Å². The fourth-order valence-electron chi connectivity index (χ4n) is 2.79. The summed E-state index contributed by atoms with van der Waals surface area (Å²) in [5.74, 6) is 0.767. The molecule has 1 nitrogen and oxygen atoms in total. The molecular weight excluding hydrogens is 234 g/mol. The molecule has 0 radical (unpaired) electrons. The van der Waals surface area contributed by atoms with Crippen LogP contribution in [0.25, 0.3) is 0 Å². The van der Waals surface area contributed by atoms with E-state index in [1.807, 2.05) is 0 Å². The summed E-state index contributed by atoms with van der Waals surface area (Å²) in [6.45, 7) is 18.0. The molecule has 0 amide bonds. The fourth-order valence-corrected chi connectivity index (χ4v) is 8.06. The van der Waals surface area contributed by atoms with E-state index in [4.69, 9.17) is 11.6 Å². The molecule has 98 valence electrons. The van der Waals surface area contributed by atoms with Crippen LogP contribution >= 0.6 is 11.6 Å². The molecule has 0 atom stereocenters. The lowest BCUT2D eigenvalue weighted by Crippen LogP contribution is -2.61. The van der Waals surface area contributed by atoms with Crippen molar-refractivity contribution < 1.29 is 0 Å². The fraction of sp³-hybridized carbons (Fsp3) is 1.00. The van der Waals surface area contributed by atoms with Crippen molar-refractivity contribution in [3.63, 3.8) is 0 Å². The largest absolute Gasteiger partial charge is 0.325 e. The average molecular weight is 264 g/mol. The first-order chi connectivity index (χ1) is 6.98. The lowest BCUT2D eigenvalue weighted by atomic mass is 10.2. The van der Waals surface area contributed by atoms with Crippen molar-refractivity contribution >= 4 is 19.8 Å². The molecule has 0 saturated heterocycles. The molecule has 0 heterocycles. The van der Waals surface area contributed by atoms with Crippen molar-refractivity contribution in [2.24, 2.45) is 0 Å². The van der Waals surface area contributed by atoms with E-state index >= 15 is 0 Å². The second-order valence-corrected chi connectivity index (χ2v) is 13.3. The maximum absolute atomic E-state index is 5.81. The second-order valence-electron chi connectivity index (χ2n) is 7.04. The molecule has 0 saturated carbocycles. The minimum atomic E-state index is -1.52. The minimum absolute atomic E-state index is 0.381. The van der Waals surface area contributed by atoms with Gasteiger partial charge in [0, 0.05) is 5.88 Å². The molecule has 3 heteroatoms. The Bertz CT molecular complexity index is 201. The summed E-state index contributed by atoms with van der Waals surface area (Å²) in [6, 6.07) is 0. The summed E-state index contributed by atoms with van der Waals surface area (Å²) < 4.78 is 2.62. The zero-order valence-electron chi connectivity index (χ0n) is 12.4. The SMILES string of the molecule is CN(CCCCl)[Si](C)(C(C)(C)C)C(C)(C)C. The van der Waals surface area contributed by atoms with E-state index in [2.05, 4.69) is 59.7 Å². The van der Waals surface area contributed by atoms with Gasteiger partial charge in [-0.15, -0.1) is 11.6 Å². The topological polar surface area (TPSA) is 3.24 Å². The Hall–Kier alpha value is 0.467. The van der Waals surface area contributed by atoms with Crippen LogP contribution in [0.15, 0.2) is 0 Å². The van der Waals surface area contributed by atoms with E-state index in [-0.39, 0.29) is 0 Å². The number of halogens is 1. The molecule has 0 aromatic carbocycles. The predicted molar refractivity (Wildman–Crippen MR) is 79.0 cm³/mol. The zero-order chi connectivity index (χ0) is 13.2. The molecule has 0 aliphatic carbocycles. The summed E-state index contributed by atoms with van der Waals surface area (Å²) in [7, 11) is 0.768. The van der Waals surface area contributed by atoms with Crippen molar-refractivity contribution in [3.8, 4) is 0 Å². The van der Waals surface area contributed by atoms with Gasteiger partial charge in [0.05, 0.1) is 0 Å². The molecule has 0 rings (SSSR count). The standard InChI is InChI=1S/C13H30ClNSi/c1-12(2,3)16(8,13(4,5)6)15(7)11-9-10-14/h9-11H2,1-8H3. The van der Waals surface area contributed by atoms with Crippen molar-refractivity contribution in [2.75, 3.05) is 19.5 Å². The molecular formula is C13H30ClNSi. The van der Waals surface area contributed by atoms with Crippen LogP contribution in [-0.4, -0.2) is 32.3 Å². The molecule has 0 spiro atoms. The van der Waals surface area contributed by atoms with Gasteiger partial charge in [-0.05, 0) is 30.1 Å². The highest BCUT2D eigenvalue weighted by atomic mass is 35.5. The maximum Gasteiger partial charge on any atom is 0.135 e. The first-order valence-corrected chi connectivity index (χ1v) is 9.24. The van der Waals surface area contributed by atoms with Gasteiger partial charge in [0.2, 0.25) is 0 Å². The molecule has 0 aromatic rings. The van der Waals surface area contributed by atoms with Crippen LogP contribution < -0.4 is 0 Å². The van der Waals surface area contributed by atoms with Gasteiger partial charge in [-0.3, -0.25) is 0 Å². The van der Waals surface area contributed by atoms with Gasteiger partial charge in [0.25, 0.3) is 0 Å². The normalized spacial score (nSPS) is 14.6. The van der Waals surface area contributed by atoms with Crippen LogP contribution in [0.2, 0.25) is 16.6 Å². The highest BCUT2D eigenvalue weighted by Gasteiger charge is 2.51. The quantitative estimate of drug-likeness (QED) is 0.524. The summed E-state index contributed by atoms with van der Waals surface area (Å²) in [4.78, 5) is 0. The first kappa shape index (κ1) is 16.5. The van der Waals surface area contributed by atoms with Gasteiger partial charge < -0.3 is 4.57 Å². The van der Waals surface area contributed by atoms with E-state index in [9.17, 15) is 0 Å². The molecule has 0 aromatic heterocycles. The van der Waals surface area contributed by atoms with Crippen LogP contribution in [0, 0.1) is 0 Å². The number of nitrogens with zero attached hydrogens (tertiary/aromatic N) is 1. The summed E-state index contributed by atoms with van der Waals surface area (Å²) >= 11 is 5.81. The van der Waals surface area contributed by atoms with Gasteiger partial charge in [-0.25, -0.2) is 0 Å². The molecule has 0 aliphatic rings. The Kier molecular flexibility index (Phi) is 5.57. The third-order valence-corrected chi connectivity index (χ3v) is 12.2. The van der Waals surface area contributed by atoms with Crippen molar-refractivity contribution in [1.29, 1.82) is 0 Å². The van der Waals surface area contributed by atoms with Crippen LogP contribution in [-0.2, 0) is 0 Å². The monoisotopic (exact) mass is 263 g/mol. The Labute approximate surface area is 109 Å². The van der Waals surface area contributed by atoms with Gasteiger partial charge in [0.1, 0.15) is 8.24 Å². The Morgan fingerprint density at radius 3 is 1.62 bits per heavy atom. The van der Waals surface area contributed by atoms with E-state index in [0.29, 0.717) is 10.1 Å². The summed E-state index contributed by atoms with van der Waals surface area (Å²) in [5.41, 5.74) is 0. The van der Waals surface area contributed by atoms with Gasteiger partial charge in [0.15, 0.2) is 0 Å². The Morgan fingerprint density at radius 1 is 1.00 bits per heavy atom. The lowest BCUT2D eigenvalue weighted by molar-refractivity contribution is 0.423. The van der Waals surface area contributed by atoms with Crippen molar-refractivity contribution in [2.45, 2.75) is 64.6 Å². The van der Waals surface area contributed by atoms with Crippen LogP contribution in [0.4, 0.5) is 0 Å². The van der Waals surface area contributed by atoms with Crippen LogP contribution in [0.1, 0.15) is 48.0 Å². The first-order valence-electron chi connectivity index (χ1n) is 6.25. The van der Waals surface area contributed by atoms with E-state index < -0.39 is 8.24 Å². The highest BCUT2D eigenvalue weighted by molar-refractivity contribution is 6.81. The lowest BCUT2D eigenvalue weighted by Gasteiger charge is -2.54. The number of hydrogen-bond acceptors (Lipinski definition) is 1. The molecule has 0 unspecified atom stereocenters. The smallest absolute Gasteiger partial charge is 0.135 e. The van der Waals surface area contributed by atoms with E-state index in [1.165, 1.54) is 0 Å². The Morgan fingerprint density at radius 2 is 1.38 bits per heavy atom. The second kappa shape index (κ2) is 5.41. The Balaban J connectivity index is 5.10. The number of alkyl halides is 1. The van der Waals surface area contributed by atoms with Crippen molar-refractivity contribution in [3.05, 3.63) is 0 Å². The van der Waals surface area contributed by atoms with Crippen molar-refractivity contribution in [1.82, 2.24) is 4.57 Å². The molecule has 16 heavy (non-hydrogen) atoms. The predicted octanol–water partition coefficient (Wildman–Crippen LogP) is 4.72. The van der Waals surface area contributed by atoms with Crippen LogP contribution in [0.5, 0.6) is 0 Å². The molecule has 0 aliphatic heterocycles. The van der Waals surface area contributed by atoms with E-state index in [1.54, 1.807) is 0 Å². The zero-order valence-corrected chi connectivity index (χ0v) is 14.2. The molecule has 0 fully saturated rings. The molecule has 0 N–H and O–H groups in total. The average Bonchev–Trinajstić information content (AvgIpc) is 2.08. The molecule has 0 bridgehead atoms. The third kappa shape index (κ3) is 3.24.